The van der Waals surface area contributed by atoms with E-state index in [9.17, 15) is 0 Å². The molecule has 13 heavy (non-hydrogen) atoms. The lowest BCUT2D eigenvalue weighted by atomic mass is 10.3. The zero-order valence-corrected chi connectivity index (χ0v) is 8.23. The highest BCUT2D eigenvalue weighted by atomic mass is 35.5. The van der Waals surface area contributed by atoms with E-state index in [0.29, 0.717) is 0 Å². The Balaban J connectivity index is 2.07. The highest BCUT2D eigenvalue weighted by molar-refractivity contribution is 6.23. The Morgan fingerprint density at radius 3 is 2.31 bits per heavy atom. The summed E-state index contributed by atoms with van der Waals surface area (Å²) in [6, 6.07) is 3.89. The van der Waals surface area contributed by atoms with Crippen molar-refractivity contribution in [2.45, 2.75) is 17.4 Å². The lowest BCUT2D eigenvalue weighted by Gasteiger charge is -2.32. The molecule has 0 aromatic carbocycles. The van der Waals surface area contributed by atoms with Crippen molar-refractivity contribution in [3.8, 4) is 0 Å². The van der Waals surface area contributed by atoms with Crippen molar-refractivity contribution in [3.05, 3.63) is 24.0 Å². The Hall–Kier alpha value is -0.260. The van der Waals surface area contributed by atoms with E-state index in [1.165, 1.54) is 0 Å². The number of rotatable bonds is 1. The fourth-order valence-electron chi connectivity index (χ4n) is 1.27. The molecular formula is C7H10Cl2N4. The summed E-state index contributed by atoms with van der Waals surface area (Å²) in [5.41, 5.74) is 0.367. The molecule has 2 unspecified atom stereocenters. The molecule has 1 saturated heterocycles. The third kappa shape index (κ3) is 2.15. The average molecular weight is 221 g/mol. The molecule has 0 spiro atoms. The molecule has 2 atom stereocenters. The van der Waals surface area contributed by atoms with Gasteiger partial charge in [-0.05, 0) is 12.1 Å². The summed E-state index contributed by atoms with van der Waals surface area (Å²) < 4.78 is 0. The van der Waals surface area contributed by atoms with Crippen LogP contribution in [0.2, 0.25) is 0 Å². The molecule has 0 amide bonds. The first-order valence-corrected chi connectivity index (χ1v) is 4.82. The number of H-pyrrole nitrogens is 1. The lowest BCUT2D eigenvalue weighted by Crippen LogP contribution is -2.59. The molecule has 1 aromatic heterocycles. The second-order valence-corrected chi connectivity index (χ2v) is 3.66. The summed E-state index contributed by atoms with van der Waals surface area (Å²) in [5.74, 6) is 0. The summed E-state index contributed by atoms with van der Waals surface area (Å²) in [6.45, 7) is 0. The van der Waals surface area contributed by atoms with Crippen LogP contribution >= 0.6 is 23.2 Å². The van der Waals surface area contributed by atoms with Gasteiger partial charge in [-0.25, -0.2) is 0 Å². The van der Waals surface area contributed by atoms with E-state index >= 15 is 0 Å². The predicted molar refractivity (Wildman–Crippen MR) is 52.2 cm³/mol. The Kier molecular flexibility index (Phi) is 2.76. The highest BCUT2D eigenvalue weighted by Gasteiger charge is 2.25. The van der Waals surface area contributed by atoms with Crippen LogP contribution in [0, 0.1) is 0 Å². The molecule has 0 aliphatic carbocycles. The Bertz CT molecular complexity index is 253. The normalized spacial score (nSPS) is 34.8. The van der Waals surface area contributed by atoms with E-state index in [-0.39, 0.29) is 17.4 Å². The van der Waals surface area contributed by atoms with Gasteiger partial charge in [0.15, 0.2) is 0 Å². The molecule has 2 heterocycles. The van der Waals surface area contributed by atoms with Crippen LogP contribution in [-0.2, 0) is 0 Å². The zero-order chi connectivity index (χ0) is 9.26. The van der Waals surface area contributed by atoms with Crippen molar-refractivity contribution >= 4 is 23.2 Å². The van der Waals surface area contributed by atoms with Crippen LogP contribution < -0.4 is 16.0 Å². The second-order valence-electron chi connectivity index (χ2n) is 2.78. The summed E-state index contributed by atoms with van der Waals surface area (Å²) in [5, 5.41) is 9.02. The van der Waals surface area contributed by atoms with Gasteiger partial charge in [0, 0.05) is 11.9 Å². The van der Waals surface area contributed by atoms with Crippen LogP contribution in [0.5, 0.6) is 0 Å². The van der Waals surface area contributed by atoms with Crippen LogP contribution in [0.3, 0.4) is 0 Å². The summed E-state index contributed by atoms with van der Waals surface area (Å²) >= 11 is 11.7. The van der Waals surface area contributed by atoms with Gasteiger partial charge in [-0.15, -0.1) is 0 Å². The first-order valence-electron chi connectivity index (χ1n) is 3.95. The van der Waals surface area contributed by atoms with Gasteiger partial charge in [0.2, 0.25) is 0 Å². The van der Waals surface area contributed by atoms with E-state index in [1.807, 2.05) is 18.3 Å². The summed E-state index contributed by atoms with van der Waals surface area (Å²) in [4.78, 5) is 3.08. The minimum Gasteiger partial charge on any atom is -0.363 e. The third-order valence-corrected chi connectivity index (χ3v) is 2.36. The topological polar surface area (TPSA) is 51.9 Å². The van der Waals surface area contributed by atoms with Crippen LogP contribution in [0.1, 0.15) is 11.9 Å². The van der Waals surface area contributed by atoms with Gasteiger partial charge in [-0.1, -0.05) is 23.2 Å². The molecule has 72 valence electrons. The standard InChI is InChI=1S/C7H10Cl2N4/c8-6-11-5(12-7(9)13-6)4-2-1-3-10-4/h1-3,5-7,10-13H. The number of alkyl halides is 2. The minimum atomic E-state index is -0.322. The van der Waals surface area contributed by atoms with Gasteiger partial charge in [0.1, 0.15) is 17.4 Å². The van der Waals surface area contributed by atoms with E-state index < -0.39 is 0 Å². The van der Waals surface area contributed by atoms with Crippen LogP contribution in [0.15, 0.2) is 18.3 Å². The van der Waals surface area contributed by atoms with E-state index in [0.717, 1.165) is 5.69 Å². The molecule has 4 nitrogen and oxygen atoms in total. The molecule has 6 heteroatoms. The Morgan fingerprint density at radius 2 is 1.77 bits per heavy atom. The fourth-order valence-corrected chi connectivity index (χ4v) is 1.84. The number of nitrogens with one attached hydrogen (secondary N) is 4. The molecule has 0 radical (unpaired) electrons. The smallest absolute Gasteiger partial charge is 0.138 e. The monoisotopic (exact) mass is 220 g/mol. The molecule has 0 saturated carbocycles. The molecule has 0 bridgehead atoms. The third-order valence-electron chi connectivity index (χ3n) is 1.85. The number of halogens is 2. The van der Waals surface area contributed by atoms with Gasteiger partial charge < -0.3 is 4.98 Å². The largest absolute Gasteiger partial charge is 0.363 e. The fraction of sp³-hybridized carbons (Fsp3) is 0.429. The van der Waals surface area contributed by atoms with Crippen LogP contribution in [0.25, 0.3) is 0 Å². The molecule has 1 aliphatic rings. The summed E-state index contributed by atoms with van der Waals surface area (Å²) in [6.07, 6.45) is 1.81. The van der Waals surface area contributed by atoms with Gasteiger partial charge in [-0.3, -0.25) is 16.0 Å². The average Bonchev–Trinajstić information content (AvgIpc) is 2.53. The van der Waals surface area contributed by atoms with Crippen LogP contribution in [-0.4, -0.2) is 16.2 Å². The highest BCUT2D eigenvalue weighted by Crippen LogP contribution is 2.13. The van der Waals surface area contributed by atoms with Crippen molar-refractivity contribution in [2.75, 3.05) is 0 Å². The van der Waals surface area contributed by atoms with E-state index in [1.54, 1.807) is 0 Å². The van der Waals surface area contributed by atoms with Crippen molar-refractivity contribution in [1.29, 1.82) is 0 Å². The van der Waals surface area contributed by atoms with E-state index in [2.05, 4.69) is 20.9 Å². The van der Waals surface area contributed by atoms with Crippen LogP contribution in [0.4, 0.5) is 0 Å². The number of aromatic amines is 1. The van der Waals surface area contributed by atoms with Gasteiger partial charge in [-0.2, -0.15) is 0 Å². The number of aromatic nitrogens is 1. The second kappa shape index (κ2) is 3.86. The lowest BCUT2D eigenvalue weighted by molar-refractivity contribution is 0.292. The summed E-state index contributed by atoms with van der Waals surface area (Å²) in [7, 11) is 0. The number of hydrogen-bond acceptors (Lipinski definition) is 3. The maximum atomic E-state index is 5.86. The number of hydrogen-bond donors (Lipinski definition) is 4. The molecule has 1 aromatic rings. The Morgan fingerprint density at radius 1 is 1.08 bits per heavy atom. The minimum absolute atomic E-state index is 0.0405. The first-order chi connectivity index (χ1) is 6.25. The van der Waals surface area contributed by atoms with Crippen molar-refractivity contribution in [2.24, 2.45) is 0 Å². The van der Waals surface area contributed by atoms with Gasteiger partial charge in [0.05, 0.1) is 0 Å². The molecule has 1 fully saturated rings. The molecular weight excluding hydrogens is 211 g/mol. The van der Waals surface area contributed by atoms with Crippen molar-refractivity contribution in [1.82, 2.24) is 20.9 Å². The van der Waals surface area contributed by atoms with Gasteiger partial charge in [0.25, 0.3) is 0 Å². The van der Waals surface area contributed by atoms with Crippen molar-refractivity contribution < 1.29 is 0 Å². The van der Waals surface area contributed by atoms with Gasteiger partial charge >= 0.3 is 0 Å². The molecule has 4 N–H and O–H groups in total. The van der Waals surface area contributed by atoms with E-state index in [4.69, 9.17) is 23.2 Å². The SMILES string of the molecule is ClC1NC(Cl)NC(c2ccc[nH]2)N1. The molecule has 2 rings (SSSR count). The predicted octanol–water partition coefficient (Wildman–Crippen LogP) is 0.841. The first kappa shape index (κ1) is 9.30. The zero-order valence-electron chi connectivity index (χ0n) is 6.72. The Labute approximate surface area is 86.0 Å². The maximum Gasteiger partial charge on any atom is 0.138 e. The quantitative estimate of drug-likeness (QED) is 0.420. The van der Waals surface area contributed by atoms with Crippen molar-refractivity contribution in [3.63, 3.8) is 0 Å². The maximum absolute atomic E-state index is 5.86. The molecule has 1 aliphatic heterocycles.